The number of amides is 1. The largest absolute Gasteiger partial charge is 0.494 e. The van der Waals surface area contributed by atoms with Crippen LogP contribution in [-0.2, 0) is 11.3 Å². The third kappa shape index (κ3) is 6.63. The molecule has 1 N–H and O–H groups in total. The summed E-state index contributed by atoms with van der Waals surface area (Å²) in [5.74, 6) is -1.32. The minimum absolute atomic E-state index is 0.0741. The first-order valence-corrected chi connectivity index (χ1v) is 11.5. The number of anilines is 2. The van der Waals surface area contributed by atoms with Crippen LogP contribution in [0.15, 0.2) is 64.8 Å². The number of rotatable bonds is 11. The van der Waals surface area contributed by atoms with Gasteiger partial charge in [0.25, 0.3) is 0 Å². The van der Waals surface area contributed by atoms with E-state index in [0.717, 1.165) is 12.0 Å². The normalized spacial score (nSPS) is 10.8. The van der Waals surface area contributed by atoms with E-state index in [0.29, 0.717) is 36.7 Å². The number of carbonyl (C=O) groups is 1. The standard InChI is InChI=1S/C25H25FN6O6/c1-4-10-30(15-17-8-6-5-7-9-17)24-12-19(27-16(2)33)20(13-25(24)38-3)28-29-21-11-18(26)22(31(34)35)14-23(21)32(36)37/h5-9,11-14H,4,10,15H2,1-3H3,(H,27,33). The van der Waals surface area contributed by atoms with Gasteiger partial charge in [-0.15, -0.1) is 10.2 Å². The van der Waals surface area contributed by atoms with E-state index in [1.807, 2.05) is 37.3 Å². The minimum Gasteiger partial charge on any atom is -0.494 e. The summed E-state index contributed by atoms with van der Waals surface area (Å²) in [6, 6.07) is 14.0. The highest BCUT2D eigenvalue weighted by atomic mass is 19.1. The highest BCUT2D eigenvalue weighted by Gasteiger charge is 2.25. The number of azo groups is 1. The van der Waals surface area contributed by atoms with Gasteiger partial charge in [0, 0.05) is 32.1 Å². The van der Waals surface area contributed by atoms with Gasteiger partial charge in [-0.25, -0.2) is 0 Å². The minimum atomic E-state index is -1.30. The number of methoxy groups -OCH3 is 1. The van der Waals surface area contributed by atoms with Gasteiger partial charge in [0.1, 0.15) is 11.4 Å². The number of ether oxygens (including phenoxy) is 1. The van der Waals surface area contributed by atoms with Crippen LogP contribution in [0.1, 0.15) is 25.8 Å². The van der Waals surface area contributed by atoms with E-state index in [9.17, 15) is 29.4 Å². The fourth-order valence-corrected chi connectivity index (χ4v) is 3.71. The topological polar surface area (TPSA) is 153 Å². The summed E-state index contributed by atoms with van der Waals surface area (Å²) in [5, 5.41) is 32.9. The van der Waals surface area contributed by atoms with Gasteiger partial charge in [-0.05, 0) is 18.1 Å². The Balaban J connectivity index is 2.11. The molecule has 13 heteroatoms. The number of hydrogen-bond donors (Lipinski definition) is 1. The van der Waals surface area contributed by atoms with Crippen molar-refractivity contribution >= 4 is 40.0 Å². The van der Waals surface area contributed by atoms with Gasteiger partial charge in [0.15, 0.2) is 5.69 Å². The molecule has 198 valence electrons. The molecule has 0 aliphatic heterocycles. The first kappa shape index (κ1) is 27.6. The van der Waals surface area contributed by atoms with Crippen LogP contribution in [0.5, 0.6) is 5.75 Å². The van der Waals surface area contributed by atoms with Crippen molar-refractivity contribution in [3.05, 3.63) is 86.2 Å². The number of halogens is 1. The average Bonchev–Trinajstić information content (AvgIpc) is 2.87. The maximum atomic E-state index is 14.2. The van der Waals surface area contributed by atoms with Gasteiger partial charge in [0.05, 0.1) is 34.4 Å². The summed E-state index contributed by atoms with van der Waals surface area (Å²) in [7, 11) is 1.46. The number of benzene rings is 3. The van der Waals surface area contributed by atoms with E-state index >= 15 is 0 Å². The summed E-state index contributed by atoms with van der Waals surface area (Å²) in [5.41, 5.74) is -0.375. The number of nitro benzene ring substituents is 2. The SMILES string of the molecule is CCCN(Cc1ccccc1)c1cc(NC(C)=O)c(N=Nc2cc(F)c([N+](=O)[O-])cc2[N+](=O)[O-])cc1OC. The molecular weight excluding hydrogens is 499 g/mol. The molecule has 0 bridgehead atoms. The lowest BCUT2D eigenvalue weighted by molar-refractivity contribution is -0.395. The molecule has 38 heavy (non-hydrogen) atoms. The molecule has 0 aromatic heterocycles. The highest BCUT2D eigenvalue weighted by molar-refractivity contribution is 5.93. The molecule has 3 aromatic rings. The lowest BCUT2D eigenvalue weighted by Gasteiger charge is -2.27. The molecule has 0 heterocycles. The molecule has 0 atom stereocenters. The Kier molecular flexibility index (Phi) is 8.98. The van der Waals surface area contributed by atoms with Crippen molar-refractivity contribution in [3.8, 4) is 5.75 Å². The van der Waals surface area contributed by atoms with Crippen molar-refractivity contribution in [1.82, 2.24) is 0 Å². The molecule has 0 saturated carbocycles. The van der Waals surface area contributed by atoms with Crippen molar-refractivity contribution in [2.75, 3.05) is 23.9 Å². The van der Waals surface area contributed by atoms with Crippen molar-refractivity contribution in [2.24, 2.45) is 10.2 Å². The van der Waals surface area contributed by atoms with Crippen LogP contribution in [-0.4, -0.2) is 29.4 Å². The summed E-state index contributed by atoms with van der Waals surface area (Å²) in [6.07, 6.45) is 0.822. The number of carbonyl (C=O) groups excluding carboxylic acids is 1. The Morgan fingerprint density at radius 3 is 2.26 bits per heavy atom. The molecule has 0 fully saturated rings. The molecular formula is C25H25FN6O6. The molecule has 0 radical (unpaired) electrons. The van der Waals surface area contributed by atoms with Crippen LogP contribution in [0.2, 0.25) is 0 Å². The Morgan fingerprint density at radius 1 is 1.03 bits per heavy atom. The second-order valence-electron chi connectivity index (χ2n) is 8.14. The Morgan fingerprint density at radius 2 is 1.68 bits per heavy atom. The third-order valence-electron chi connectivity index (χ3n) is 5.36. The van der Waals surface area contributed by atoms with Gasteiger partial charge in [-0.2, -0.15) is 4.39 Å². The summed E-state index contributed by atoms with van der Waals surface area (Å²) in [4.78, 5) is 34.4. The molecule has 0 aliphatic carbocycles. The van der Waals surface area contributed by atoms with Crippen LogP contribution >= 0.6 is 0 Å². The number of nitrogens with one attached hydrogen (secondary N) is 1. The van der Waals surface area contributed by atoms with Crippen molar-refractivity contribution in [1.29, 1.82) is 0 Å². The zero-order valence-corrected chi connectivity index (χ0v) is 20.9. The maximum Gasteiger partial charge on any atom is 0.311 e. The van der Waals surface area contributed by atoms with E-state index in [4.69, 9.17) is 4.74 Å². The molecule has 1 amide bonds. The first-order chi connectivity index (χ1) is 18.1. The van der Waals surface area contributed by atoms with E-state index in [1.165, 1.54) is 20.1 Å². The number of hydrogen-bond acceptors (Lipinski definition) is 9. The summed E-state index contributed by atoms with van der Waals surface area (Å²) in [6.45, 7) is 4.55. The van der Waals surface area contributed by atoms with Crippen molar-refractivity contribution < 1.29 is 23.8 Å². The van der Waals surface area contributed by atoms with Crippen LogP contribution in [0.25, 0.3) is 0 Å². The number of nitrogens with zero attached hydrogens (tertiary/aromatic N) is 5. The molecule has 0 aliphatic rings. The maximum absolute atomic E-state index is 14.2. The Hall–Kier alpha value is -4.94. The monoisotopic (exact) mass is 524 g/mol. The third-order valence-corrected chi connectivity index (χ3v) is 5.36. The Labute approximate surface area is 217 Å². The lowest BCUT2D eigenvalue weighted by atomic mass is 10.1. The zero-order valence-electron chi connectivity index (χ0n) is 20.9. The van der Waals surface area contributed by atoms with Crippen LogP contribution in [0.3, 0.4) is 0 Å². The van der Waals surface area contributed by atoms with Crippen molar-refractivity contribution in [3.63, 3.8) is 0 Å². The molecule has 0 spiro atoms. The van der Waals surface area contributed by atoms with E-state index in [2.05, 4.69) is 20.4 Å². The van der Waals surface area contributed by atoms with Gasteiger partial charge in [0.2, 0.25) is 11.7 Å². The zero-order chi connectivity index (χ0) is 27.8. The van der Waals surface area contributed by atoms with E-state index < -0.39 is 38.6 Å². The van der Waals surface area contributed by atoms with Gasteiger partial charge < -0.3 is 15.0 Å². The van der Waals surface area contributed by atoms with E-state index in [1.54, 1.807) is 6.07 Å². The fraction of sp³-hybridized carbons (Fsp3) is 0.240. The van der Waals surface area contributed by atoms with Crippen LogP contribution in [0.4, 0.5) is 38.5 Å². The highest BCUT2D eigenvalue weighted by Crippen LogP contribution is 2.41. The second kappa shape index (κ2) is 12.3. The molecule has 0 saturated heterocycles. The predicted octanol–water partition coefficient (Wildman–Crippen LogP) is 6.44. The van der Waals surface area contributed by atoms with Gasteiger partial charge in [-0.3, -0.25) is 25.0 Å². The molecule has 12 nitrogen and oxygen atoms in total. The molecule has 3 rings (SSSR count). The lowest BCUT2D eigenvalue weighted by Crippen LogP contribution is -2.24. The van der Waals surface area contributed by atoms with Crippen molar-refractivity contribution in [2.45, 2.75) is 26.8 Å². The quantitative estimate of drug-likeness (QED) is 0.172. The Bertz CT molecular complexity index is 1380. The van der Waals surface area contributed by atoms with Crippen LogP contribution in [0, 0.1) is 26.0 Å². The first-order valence-electron chi connectivity index (χ1n) is 11.5. The van der Waals surface area contributed by atoms with Crippen LogP contribution < -0.4 is 15.0 Å². The summed E-state index contributed by atoms with van der Waals surface area (Å²) >= 11 is 0. The summed E-state index contributed by atoms with van der Waals surface area (Å²) < 4.78 is 19.8. The molecule has 3 aromatic carbocycles. The second-order valence-corrected chi connectivity index (χ2v) is 8.14. The average molecular weight is 525 g/mol. The molecule has 0 unspecified atom stereocenters. The smallest absolute Gasteiger partial charge is 0.311 e. The fourth-order valence-electron chi connectivity index (χ4n) is 3.71. The van der Waals surface area contributed by atoms with Gasteiger partial charge in [-0.1, -0.05) is 37.3 Å². The number of nitro groups is 2. The van der Waals surface area contributed by atoms with E-state index in [-0.39, 0.29) is 11.4 Å². The van der Waals surface area contributed by atoms with Gasteiger partial charge >= 0.3 is 11.4 Å². The predicted molar refractivity (Wildman–Crippen MR) is 139 cm³/mol.